The van der Waals surface area contributed by atoms with Crippen LogP contribution in [0.4, 0.5) is 5.69 Å². The summed E-state index contributed by atoms with van der Waals surface area (Å²) in [5.74, 6) is -1.02. The summed E-state index contributed by atoms with van der Waals surface area (Å²) in [5, 5.41) is 3.84. The van der Waals surface area contributed by atoms with E-state index in [-0.39, 0.29) is 33.1 Å². The molecular formula is C27H27Cl4N3O4S. The van der Waals surface area contributed by atoms with Crippen LogP contribution in [0.25, 0.3) is 0 Å². The predicted molar refractivity (Wildman–Crippen MR) is 157 cm³/mol. The van der Waals surface area contributed by atoms with E-state index >= 15 is 0 Å². The molecule has 7 nitrogen and oxygen atoms in total. The number of sulfonamides is 1. The van der Waals surface area contributed by atoms with Gasteiger partial charge in [-0.1, -0.05) is 77.6 Å². The van der Waals surface area contributed by atoms with Crippen LogP contribution in [0.3, 0.4) is 0 Å². The Morgan fingerprint density at radius 3 is 2.21 bits per heavy atom. The number of halogens is 4. The van der Waals surface area contributed by atoms with Crippen molar-refractivity contribution in [2.75, 3.05) is 17.4 Å². The van der Waals surface area contributed by atoms with Gasteiger partial charge in [-0.3, -0.25) is 13.9 Å². The second kappa shape index (κ2) is 13.7. The van der Waals surface area contributed by atoms with Gasteiger partial charge in [-0.2, -0.15) is 0 Å². The number of carbonyl (C=O) groups is 2. The second-order valence-corrected chi connectivity index (χ2v) is 12.2. The Hall–Kier alpha value is -2.49. The van der Waals surface area contributed by atoms with Crippen LogP contribution in [0.15, 0.2) is 71.6 Å². The third-order valence-corrected chi connectivity index (χ3v) is 8.99. The molecule has 1 N–H and O–H groups in total. The minimum atomic E-state index is -4.22. The molecule has 0 fully saturated rings. The highest BCUT2D eigenvalue weighted by atomic mass is 35.5. The summed E-state index contributed by atoms with van der Waals surface area (Å²) in [7, 11) is -4.22. The number of anilines is 1. The van der Waals surface area contributed by atoms with Crippen LogP contribution in [-0.4, -0.2) is 44.3 Å². The fourth-order valence-corrected chi connectivity index (χ4v) is 5.89. The SMILES string of the molecule is CCCNC(=O)[C@@H](C)N(Cc1ccc(Cl)cc1Cl)C(=O)CN(c1ccc(Cl)c(Cl)c1)S(=O)(=O)c1ccccc1. The molecule has 12 heteroatoms. The average Bonchev–Trinajstić information content (AvgIpc) is 2.91. The lowest BCUT2D eigenvalue weighted by Crippen LogP contribution is -2.51. The van der Waals surface area contributed by atoms with E-state index < -0.39 is 28.5 Å². The maximum Gasteiger partial charge on any atom is 0.264 e. The average molecular weight is 631 g/mol. The van der Waals surface area contributed by atoms with Crippen molar-refractivity contribution < 1.29 is 18.0 Å². The van der Waals surface area contributed by atoms with E-state index in [0.29, 0.717) is 28.6 Å². The molecule has 39 heavy (non-hydrogen) atoms. The van der Waals surface area contributed by atoms with Crippen LogP contribution in [0.2, 0.25) is 20.1 Å². The molecule has 0 radical (unpaired) electrons. The zero-order valence-electron chi connectivity index (χ0n) is 21.2. The highest BCUT2D eigenvalue weighted by molar-refractivity contribution is 7.92. The number of carbonyl (C=O) groups excluding carboxylic acids is 2. The molecule has 0 spiro atoms. The molecular weight excluding hydrogens is 604 g/mol. The Morgan fingerprint density at radius 1 is 0.897 bits per heavy atom. The normalized spacial score (nSPS) is 12.1. The Morgan fingerprint density at radius 2 is 1.59 bits per heavy atom. The first-order valence-corrected chi connectivity index (χ1v) is 14.9. The van der Waals surface area contributed by atoms with Crippen molar-refractivity contribution in [1.29, 1.82) is 0 Å². The number of hydrogen-bond acceptors (Lipinski definition) is 4. The summed E-state index contributed by atoms with van der Waals surface area (Å²) in [6.45, 7) is 3.22. The van der Waals surface area contributed by atoms with Crippen molar-refractivity contribution in [2.45, 2.75) is 37.8 Å². The van der Waals surface area contributed by atoms with Crippen molar-refractivity contribution in [1.82, 2.24) is 10.2 Å². The first kappa shape index (κ1) is 31.0. The summed E-state index contributed by atoms with van der Waals surface area (Å²) < 4.78 is 28.4. The zero-order chi connectivity index (χ0) is 28.7. The quantitative estimate of drug-likeness (QED) is 0.264. The molecule has 0 aliphatic rings. The lowest BCUT2D eigenvalue weighted by atomic mass is 10.1. The maximum absolute atomic E-state index is 13.9. The van der Waals surface area contributed by atoms with Gasteiger partial charge in [0, 0.05) is 23.1 Å². The van der Waals surface area contributed by atoms with E-state index in [4.69, 9.17) is 46.4 Å². The number of hydrogen-bond donors (Lipinski definition) is 1. The summed E-state index contributed by atoms with van der Waals surface area (Å²) >= 11 is 24.7. The highest BCUT2D eigenvalue weighted by Crippen LogP contribution is 2.31. The van der Waals surface area contributed by atoms with E-state index in [2.05, 4.69) is 5.32 Å². The van der Waals surface area contributed by atoms with E-state index in [0.717, 1.165) is 4.31 Å². The van der Waals surface area contributed by atoms with E-state index in [1.54, 1.807) is 37.3 Å². The molecule has 208 valence electrons. The molecule has 3 aromatic carbocycles. The van der Waals surface area contributed by atoms with Gasteiger partial charge in [0.2, 0.25) is 11.8 Å². The molecule has 0 saturated carbocycles. The smallest absolute Gasteiger partial charge is 0.264 e. The molecule has 0 bridgehead atoms. The summed E-state index contributed by atoms with van der Waals surface area (Å²) in [4.78, 5) is 28.0. The third-order valence-electron chi connectivity index (χ3n) is 5.87. The van der Waals surface area contributed by atoms with Gasteiger partial charge in [-0.05, 0) is 61.4 Å². The lowest BCUT2D eigenvalue weighted by Gasteiger charge is -2.32. The van der Waals surface area contributed by atoms with Gasteiger partial charge in [0.1, 0.15) is 12.6 Å². The van der Waals surface area contributed by atoms with Crippen molar-refractivity contribution in [2.24, 2.45) is 0 Å². The number of amides is 2. The van der Waals surface area contributed by atoms with Crippen molar-refractivity contribution >= 4 is 73.9 Å². The van der Waals surface area contributed by atoms with Gasteiger partial charge in [0.25, 0.3) is 10.0 Å². The first-order valence-electron chi connectivity index (χ1n) is 12.0. The zero-order valence-corrected chi connectivity index (χ0v) is 25.0. The van der Waals surface area contributed by atoms with Crippen LogP contribution in [0, 0.1) is 0 Å². The summed E-state index contributed by atoms with van der Waals surface area (Å²) in [6.07, 6.45) is 0.704. The van der Waals surface area contributed by atoms with Gasteiger partial charge >= 0.3 is 0 Å². The van der Waals surface area contributed by atoms with Crippen LogP contribution in [0.5, 0.6) is 0 Å². The van der Waals surface area contributed by atoms with E-state index in [1.807, 2.05) is 6.92 Å². The summed E-state index contributed by atoms with van der Waals surface area (Å²) in [5.41, 5.74) is 0.672. The molecule has 0 aliphatic heterocycles. The Kier molecular flexibility index (Phi) is 10.9. The number of rotatable bonds is 11. The molecule has 0 aromatic heterocycles. The fourth-order valence-electron chi connectivity index (χ4n) is 3.70. The van der Waals surface area contributed by atoms with Crippen LogP contribution < -0.4 is 9.62 Å². The fraction of sp³-hybridized carbons (Fsp3) is 0.259. The van der Waals surface area contributed by atoms with Crippen molar-refractivity contribution in [3.05, 3.63) is 92.4 Å². The van der Waals surface area contributed by atoms with Gasteiger partial charge in [0.15, 0.2) is 0 Å². The molecule has 3 aromatic rings. The predicted octanol–water partition coefficient (Wildman–Crippen LogP) is 6.44. The van der Waals surface area contributed by atoms with Crippen molar-refractivity contribution in [3.63, 3.8) is 0 Å². The first-order chi connectivity index (χ1) is 18.4. The Labute approximate surface area is 248 Å². The molecule has 0 aliphatic carbocycles. The van der Waals surface area contributed by atoms with E-state index in [9.17, 15) is 18.0 Å². The molecule has 0 heterocycles. The van der Waals surface area contributed by atoms with Crippen molar-refractivity contribution in [3.8, 4) is 0 Å². The minimum Gasteiger partial charge on any atom is -0.354 e. The summed E-state index contributed by atoms with van der Waals surface area (Å²) in [6, 6.07) is 15.8. The Balaban J connectivity index is 2.05. The molecule has 0 saturated heterocycles. The standard InChI is InChI=1S/C27H27Cl4N3O4S/c1-3-13-32-27(36)18(2)33(16-19-9-10-20(28)14-24(19)30)26(35)17-34(21-11-12-23(29)25(31)15-21)39(37,38)22-7-5-4-6-8-22/h4-12,14-15,18H,3,13,16-17H2,1-2H3,(H,32,36)/t18-/m1/s1. The second-order valence-electron chi connectivity index (χ2n) is 8.65. The monoisotopic (exact) mass is 629 g/mol. The van der Waals surface area contributed by atoms with Gasteiger partial charge < -0.3 is 10.2 Å². The molecule has 1 atom stereocenters. The van der Waals surface area contributed by atoms with Gasteiger partial charge in [-0.15, -0.1) is 0 Å². The van der Waals surface area contributed by atoms with Gasteiger partial charge in [-0.25, -0.2) is 8.42 Å². The minimum absolute atomic E-state index is 0.0232. The molecule has 2 amide bonds. The third kappa shape index (κ3) is 7.80. The highest BCUT2D eigenvalue weighted by Gasteiger charge is 2.33. The number of nitrogens with one attached hydrogen (secondary N) is 1. The maximum atomic E-state index is 13.9. The van der Waals surface area contributed by atoms with Crippen LogP contribution >= 0.6 is 46.4 Å². The topological polar surface area (TPSA) is 86.8 Å². The molecule has 3 rings (SSSR count). The van der Waals surface area contributed by atoms with Gasteiger partial charge in [0.05, 0.1) is 20.6 Å². The molecule has 0 unspecified atom stereocenters. The van der Waals surface area contributed by atoms with E-state index in [1.165, 1.54) is 41.3 Å². The number of benzene rings is 3. The Bertz CT molecular complexity index is 1440. The largest absolute Gasteiger partial charge is 0.354 e. The van der Waals surface area contributed by atoms with Crippen LogP contribution in [0.1, 0.15) is 25.8 Å². The van der Waals surface area contributed by atoms with Crippen LogP contribution in [-0.2, 0) is 26.2 Å². The lowest BCUT2D eigenvalue weighted by molar-refractivity contribution is -0.139. The number of nitrogens with zero attached hydrogens (tertiary/aromatic N) is 2.